The van der Waals surface area contributed by atoms with Gasteiger partial charge < -0.3 is 5.32 Å². The first kappa shape index (κ1) is 13.5. The van der Waals surface area contributed by atoms with Gasteiger partial charge in [-0.05, 0) is 30.9 Å². The molecule has 0 spiro atoms. The summed E-state index contributed by atoms with van der Waals surface area (Å²) in [6.07, 6.45) is 2.04. The van der Waals surface area contributed by atoms with Crippen LogP contribution >= 0.6 is 11.8 Å². The number of nitrogens with one attached hydrogen (secondary N) is 1. The zero-order valence-electron chi connectivity index (χ0n) is 9.76. The molecule has 0 radical (unpaired) electrons. The van der Waals surface area contributed by atoms with Crippen molar-refractivity contribution in [3.63, 3.8) is 0 Å². The minimum absolute atomic E-state index is 0.0419. The first-order valence-corrected chi connectivity index (χ1v) is 6.54. The molecule has 90 valence electrons. The number of benzene rings is 1. The number of thioether (sulfide) groups is 1. The molecule has 1 rings (SSSR count). The highest BCUT2D eigenvalue weighted by molar-refractivity contribution is 7.99. The lowest BCUT2D eigenvalue weighted by Crippen LogP contribution is -2.25. The minimum Gasteiger partial charge on any atom is -0.309 e. The van der Waals surface area contributed by atoms with Gasteiger partial charge in [-0.3, -0.25) is 0 Å². The van der Waals surface area contributed by atoms with Crippen LogP contribution in [0.15, 0.2) is 18.2 Å². The molecule has 2 unspecified atom stereocenters. The first-order valence-electron chi connectivity index (χ1n) is 5.25. The normalized spacial score (nSPS) is 14.8. The van der Waals surface area contributed by atoms with Gasteiger partial charge >= 0.3 is 0 Å². The Balaban J connectivity index is 2.62. The third kappa shape index (κ3) is 4.10. The van der Waals surface area contributed by atoms with Crippen LogP contribution < -0.4 is 5.32 Å². The van der Waals surface area contributed by atoms with E-state index in [4.69, 9.17) is 0 Å². The van der Waals surface area contributed by atoms with E-state index in [-0.39, 0.29) is 6.04 Å². The van der Waals surface area contributed by atoms with Crippen LogP contribution in [-0.4, -0.2) is 18.1 Å². The first-order chi connectivity index (χ1) is 7.52. The van der Waals surface area contributed by atoms with E-state index in [1.165, 1.54) is 12.1 Å². The van der Waals surface area contributed by atoms with Crippen LogP contribution in [0.4, 0.5) is 8.78 Å². The molecular weight excluding hydrogens is 228 g/mol. The van der Waals surface area contributed by atoms with Crippen LogP contribution in [-0.2, 0) is 0 Å². The molecule has 0 fully saturated rings. The van der Waals surface area contributed by atoms with E-state index >= 15 is 0 Å². The van der Waals surface area contributed by atoms with Gasteiger partial charge in [-0.1, -0.05) is 6.92 Å². The molecule has 0 aliphatic rings. The summed E-state index contributed by atoms with van der Waals surface area (Å²) >= 11 is 1.76. The Morgan fingerprint density at radius 3 is 2.25 bits per heavy atom. The topological polar surface area (TPSA) is 12.0 Å². The SMILES string of the molecule is CSC(C)CNC(C)c1cc(F)cc(F)c1. The molecule has 0 saturated carbocycles. The second-order valence-corrected chi connectivity index (χ2v) is 5.16. The molecular formula is C12H17F2NS. The number of hydrogen-bond acceptors (Lipinski definition) is 2. The molecule has 0 aliphatic carbocycles. The van der Waals surface area contributed by atoms with E-state index in [0.717, 1.165) is 12.6 Å². The van der Waals surface area contributed by atoms with Gasteiger partial charge in [0.05, 0.1) is 0 Å². The van der Waals surface area contributed by atoms with E-state index in [1.54, 1.807) is 11.8 Å². The van der Waals surface area contributed by atoms with E-state index in [2.05, 4.69) is 12.2 Å². The van der Waals surface area contributed by atoms with Gasteiger partial charge in [0.15, 0.2) is 0 Å². The van der Waals surface area contributed by atoms with E-state index in [9.17, 15) is 8.78 Å². The van der Waals surface area contributed by atoms with Gasteiger partial charge in [0.2, 0.25) is 0 Å². The number of hydrogen-bond donors (Lipinski definition) is 1. The Kier molecular flexibility index (Phi) is 5.22. The van der Waals surface area contributed by atoms with Crippen molar-refractivity contribution in [3.8, 4) is 0 Å². The van der Waals surface area contributed by atoms with Gasteiger partial charge in [0.1, 0.15) is 11.6 Å². The summed E-state index contributed by atoms with van der Waals surface area (Å²) < 4.78 is 26.0. The van der Waals surface area contributed by atoms with E-state index < -0.39 is 11.6 Å². The molecule has 0 bridgehead atoms. The average Bonchev–Trinajstić information content (AvgIpc) is 2.23. The lowest BCUT2D eigenvalue weighted by molar-refractivity contribution is 0.547. The molecule has 1 aromatic rings. The highest BCUT2D eigenvalue weighted by atomic mass is 32.2. The Morgan fingerprint density at radius 1 is 1.19 bits per heavy atom. The van der Waals surface area contributed by atoms with Crippen molar-refractivity contribution in [1.29, 1.82) is 0 Å². The van der Waals surface area contributed by atoms with Gasteiger partial charge in [-0.15, -0.1) is 0 Å². The molecule has 0 aliphatic heterocycles. The molecule has 4 heteroatoms. The van der Waals surface area contributed by atoms with Gasteiger partial charge in [0, 0.05) is 23.9 Å². The summed E-state index contributed by atoms with van der Waals surface area (Å²) in [6.45, 7) is 4.83. The maximum absolute atomic E-state index is 13.0. The molecule has 0 amide bonds. The maximum Gasteiger partial charge on any atom is 0.126 e. The van der Waals surface area contributed by atoms with E-state index in [1.807, 2.05) is 13.2 Å². The monoisotopic (exact) mass is 245 g/mol. The fraction of sp³-hybridized carbons (Fsp3) is 0.500. The van der Waals surface area contributed by atoms with E-state index in [0.29, 0.717) is 10.8 Å². The highest BCUT2D eigenvalue weighted by Gasteiger charge is 2.09. The Labute approximate surface area is 99.6 Å². The van der Waals surface area contributed by atoms with Crippen molar-refractivity contribution < 1.29 is 8.78 Å². The van der Waals surface area contributed by atoms with Gasteiger partial charge in [-0.25, -0.2) is 8.78 Å². The highest BCUT2D eigenvalue weighted by Crippen LogP contribution is 2.16. The predicted molar refractivity (Wildman–Crippen MR) is 65.8 cm³/mol. The summed E-state index contributed by atoms with van der Waals surface area (Å²) in [6, 6.07) is 3.58. The smallest absolute Gasteiger partial charge is 0.126 e. The summed E-state index contributed by atoms with van der Waals surface area (Å²) in [5.41, 5.74) is 0.644. The second kappa shape index (κ2) is 6.21. The number of rotatable bonds is 5. The van der Waals surface area contributed by atoms with Crippen molar-refractivity contribution >= 4 is 11.8 Å². The van der Waals surface area contributed by atoms with Crippen LogP contribution in [0.1, 0.15) is 25.5 Å². The molecule has 2 atom stereocenters. The molecule has 1 N–H and O–H groups in total. The zero-order chi connectivity index (χ0) is 12.1. The standard InChI is InChI=1S/C12H17F2NS/c1-8(16-3)7-15-9(2)10-4-11(13)6-12(14)5-10/h4-6,8-9,15H,7H2,1-3H3. The van der Waals surface area contributed by atoms with Crippen LogP contribution in [0, 0.1) is 11.6 Å². The zero-order valence-corrected chi connectivity index (χ0v) is 10.6. The van der Waals surface area contributed by atoms with Crippen molar-refractivity contribution in [1.82, 2.24) is 5.32 Å². The third-order valence-electron chi connectivity index (χ3n) is 2.50. The molecule has 0 heterocycles. The fourth-order valence-electron chi connectivity index (χ4n) is 1.37. The number of halogens is 2. The predicted octanol–water partition coefficient (Wildman–Crippen LogP) is 3.37. The van der Waals surface area contributed by atoms with Crippen LogP contribution in [0.3, 0.4) is 0 Å². The van der Waals surface area contributed by atoms with Crippen LogP contribution in [0.2, 0.25) is 0 Å². The van der Waals surface area contributed by atoms with Crippen LogP contribution in [0.5, 0.6) is 0 Å². The second-order valence-electron chi connectivity index (χ2n) is 3.88. The molecule has 1 nitrogen and oxygen atoms in total. The van der Waals surface area contributed by atoms with Crippen molar-refractivity contribution in [2.45, 2.75) is 25.1 Å². The summed E-state index contributed by atoms with van der Waals surface area (Å²) in [5.74, 6) is -1.05. The van der Waals surface area contributed by atoms with Crippen molar-refractivity contribution in [3.05, 3.63) is 35.4 Å². The Hall–Kier alpha value is -0.610. The van der Waals surface area contributed by atoms with Crippen LogP contribution in [0.25, 0.3) is 0 Å². The van der Waals surface area contributed by atoms with Gasteiger partial charge in [-0.2, -0.15) is 11.8 Å². The summed E-state index contributed by atoms with van der Waals surface area (Å²) in [7, 11) is 0. The third-order valence-corrected chi connectivity index (χ3v) is 3.47. The molecule has 0 saturated heterocycles. The van der Waals surface area contributed by atoms with Gasteiger partial charge in [0.25, 0.3) is 0 Å². The minimum atomic E-state index is -0.526. The summed E-state index contributed by atoms with van der Waals surface area (Å²) in [4.78, 5) is 0. The lowest BCUT2D eigenvalue weighted by Gasteiger charge is -2.17. The quantitative estimate of drug-likeness (QED) is 0.853. The molecule has 16 heavy (non-hydrogen) atoms. The largest absolute Gasteiger partial charge is 0.309 e. The molecule has 1 aromatic carbocycles. The Morgan fingerprint density at radius 2 is 1.75 bits per heavy atom. The lowest BCUT2D eigenvalue weighted by atomic mass is 10.1. The average molecular weight is 245 g/mol. The fourth-order valence-corrected chi connectivity index (χ4v) is 1.63. The Bertz CT molecular complexity index is 324. The van der Waals surface area contributed by atoms with Crippen molar-refractivity contribution in [2.24, 2.45) is 0 Å². The molecule has 0 aromatic heterocycles. The van der Waals surface area contributed by atoms with Crippen molar-refractivity contribution in [2.75, 3.05) is 12.8 Å². The maximum atomic E-state index is 13.0. The summed E-state index contributed by atoms with van der Waals surface area (Å²) in [5, 5.41) is 3.74.